The number of methoxy groups -OCH3 is 1. The van der Waals surface area contributed by atoms with Gasteiger partial charge in [-0.3, -0.25) is 4.90 Å². The number of urea groups is 1. The molecule has 2 amide bonds. The Balaban J connectivity index is 1.36. The molecule has 2 aromatic carbocycles. The van der Waals surface area contributed by atoms with E-state index in [0.717, 1.165) is 38.5 Å². The minimum Gasteiger partial charge on any atom is -0.497 e. The van der Waals surface area contributed by atoms with Crippen molar-refractivity contribution in [2.24, 2.45) is 0 Å². The predicted octanol–water partition coefficient (Wildman–Crippen LogP) is 2.78. The molecule has 27 heavy (non-hydrogen) atoms. The van der Waals surface area contributed by atoms with Crippen LogP contribution in [-0.2, 0) is 0 Å². The molecule has 144 valence electrons. The minimum absolute atomic E-state index is 0.178. The summed E-state index contributed by atoms with van der Waals surface area (Å²) in [5.41, 5.74) is 1.38. The first-order valence-corrected chi connectivity index (χ1v) is 9.06. The molecule has 0 unspecified atom stereocenters. The lowest BCUT2D eigenvalue weighted by Gasteiger charge is -2.36. The third-order valence-corrected chi connectivity index (χ3v) is 4.63. The third kappa shape index (κ3) is 5.34. The van der Waals surface area contributed by atoms with Crippen LogP contribution in [0.5, 0.6) is 5.75 Å². The van der Waals surface area contributed by atoms with E-state index in [1.54, 1.807) is 37.4 Å². The Labute approximate surface area is 158 Å². The number of ether oxygens (including phenoxy) is 1. The van der Waals surface area contributed by atoms with Gasteiger partial charge in [-0.1, -0.05) is 12.1 Å². The number of para-hydroxylation sites is 1. The predicted molar refractivity (Wildman–Crippen MR) is 105 cm³/mol. The number of hydrogen-bond donors (Lipinski definition) is 2. The van der Waals surface area contributed by atoms with Gasteiger partial charge in [0.1, 0.15) is 11.6 Å². The van der Waals surface area contributed by atoms with Crippen LogP contribution in [0.2, 0.25) is 0 Å². The third-order valence-electron chi connectivity index (χ3n) is 4.63. The molecule has 1 saturated heterocycles. The maximum Gasteiger partial charge on any atom is 0.319 e. The number of nitrogens with one attached hydrogen (secondary N) is 2. The molecular formula is C20H25FN4O2. The summed E-state index contributed by atoms with van der Waals surface area (Å²) in [6.45, 7) is 4.56. The van der Waals surface area contributed by atoms with E-state index in [4.69, 9.17) is 4.74 Å². The highest BCUT2D eigenvalue weighted by molar-refractivity contribution is 5.89. The lowest BCUT2D eigenvalue weighted by Crippen LogP contribution is -2.49. The van der Waals surface area contributed by atoms with E-state index in [9.17, 15) is 9.18 Å². The number of carbonyl (C=O) groups is 1. The number of piperazine rings is 1. The molecule has 1 aliphatic heterocycles. The van der Waals surface area contributed by atoms with Crippen molar-refractivity contribution in [1.29, 1.82) is 0 Å². The monoisotopic (exact) mass is 372 g/mol. The number of amides is 2. The van der Waals surface area contributed by atoms with Crippen LogP contribution < -0.4 is 20.3 Å². The molecule has 0 spiro atoms. The molecule has 6 nitrogen and oxygen atoms in total. The number of rotatable bonds is 6. The summed E-state index contributed by atoms with van der Waals surface area (Å²) < 4.78 is 19.0. The van der Waals surface area contributed by atoms with Crippen molar-refractivity contribution in [3.63, 3.8) is 0 Å². The highest BCUT2D eigenvalue weighted by atomic mass is 19.1. The fourth-order valence-corrected chi connectivity index (χ4v) is 3.10. The first kappa shape index (κ1) is 19.0. The van der Waals surface area contributed by atoms with Gasteiger partial charge in [0.25, 0.3) is 0 Å². The van der Waals surface area contributed by atoms with Gasteiger partial charge in [0.15, 0.2) is 0 Å². The highest BCUT2D eigenvalue weighted by Crippen LogP contribution is 2.20. The zero-order valence-electron chi connectivity index (χ0n) is 15.5. The maximum absolute atomic E-state index is 13.9. The van der Waals surface area contributed by atoms with Crippen LogP contribution in [0.25, 0.3) is 0 Å². The lowest BCUT2D eigenvalue weighted by molar-refractivity contribution is 0.240. The van der Waals surface area contributed by atoms with Gasteiger partial charge in [-0.2, -0.15) is 0 Å². The van der Waals surface area contributed by atoms with Gasteiger partial charge in [-0.15, -0.1) is 0 Å². The summed E-state index contributed by atoms with van der Waals surface area (Å²) in [5.74, 6) is 0.568. The van der Waals surface area contributed by atoms with E-state index < -0.39 is 0 Å². The normalized spacial score (nSPS) is 14.7. The Morgan fingerprint density at radius 3 is 2.44 bits per heavy atom. The molecule has 3 rings (SSSR count). The Hall–Kier alpha value is -2.80. The van der Waals surface area contributed by atoms with Crippen molar-refractivity contribution < 1.29 is 13.9 Å². The summed E-state index contributed by atoms with van der Waals surface area (Å²) >= 11 is 0. The zero-order valence-corrected chi connectivity index (χ0v) is 15.5. The van der Waals surface area contributed by atoms with E-state index in [1.165, 1.54) is 6.07 Å². The lowest BCUT2D eigenvalue weighted by atomic mass is 10.2. The fourth-order valence-electron chi connectivity index (χ4n) is 3.10. The standard InChI is InChI=1S/C20H25FN4O2/c1-27-17-8-6-16(7-9-17)23-20(26)22-10-11-24-12-14-25(15-13-24)19-5-3-2-4-18(19)21/h2-9H,10-15H2,1H3,(H2,22,23,26). The van der Waals surface area contributed by atoms with Crippen molar-refractivity contribution in [1.82, 2.24) is 10.2 Å². The van der Waals surface area contributed by atoms with Crippen LogP contribution in [0.1, 0.15) is 0 Å². The van der Waals surface area contributed by atoms with Crippen molar-refractivity contribution in [3.05, 3.63) is 54.3 Å². The van der Waals surface area contributed by atoms with E-state index >= 15 is 0 Å². The Bertz CT molecular complexity index is 746. The van der Waals surface area contributed by atoms with Gasteiger partial charge < -0.3 is 20.3 Å². The molecule has 7 heteroatoms. The second kappa shape index (κ2) is 9.23. The van der Waals surface area contributed by atoms with Gasteiger partial charge in [0.2, 0.25) is 0 Å². The van der Waals surface area contributed by atoms with Crippen LogP contribution >= 0.6 is 0 Å². The summed E-state index contributed by atoms with van der Waals surface area (Å²) in [7, 11) is 1.60. The summed E-state index contributed by atoms with van der Waals surface area (Å²) in [5, 5.41) is 5.65. The molecule has 0 saturated carbocycles. The second-order valence-corrected chi connectivity index (χ2v) is 6.39. The van der Waals surface area contributed by atoms with Crippen LogP contribution in [-0.4, -0.2) is 57.3 Å². The molecule has 0 aliphatic carbocycles. The van der Waals surface area contributed by atoms with Gasteiger partial charge in [-0.05, 0) is 36.4 Å². The van der Waals surface area contributed by atoms with Crippen LogP contribution in [0.3, 0.4) is 0 Å². The molecule has 1 fully saturated rings. The van der Waals surface area contributed by atoms with Crippen LogP contribution in [0.15, 0.2) is 48.5 Å². The largest absolute Gasteiger partial charge is 0.497 e. The number of halogens is 1. The second-order valence-electron chi connectivity index (χ2n) is 6.39. The van der Waals surface area contributed by atoms with E-state index in [0.29, 0.717) is 17.9 Å². The topological polar surface area (TPSA) is 56.8 Å². The van der Waals surface area contributed by atoms with E-state index in [1.807, 2.05) is 12.1 Å². The molecule has 0 bridgehead atoms. The highest BCUT2D eigenvalue weighted by Gasteiger charge is 2.18. The molecule has 0 aromatic heterocycles. The number of nitrogens with zero attached hydrogens (tertiary/aromatic N) is 2. The maximum atomic E-state index is 13.9. The molecule has 1 heterocycles. The average molecular weight is 372 g/mol. The summed E-state index contributed by atoms with van der Waals surface area (Å²) in [6, 6.07) is 13.8. The van der Waals surface area contributed by atoms with Crippen molar-refractivity contribution in [3.8, 4) is 5.75 Å². The summed E-state index contributed by atoms with van der Waals surface area (Å²) in [6.07, 6.45) is 0. The van der Waals surface area contributed by atoms with Crippen LogP contribution in [0, 0.1) is 5.82 Å². The first-order valence-electron chi connectivity index (χ1n) is 9.06. The van der Waals surface area contributed by atoms with E-state index in [2.05, 4.69) is 20.4 Å². The van der Waals surface area contributed by atoms with Gasteiger partial charge in [0.05, 0.1) is 12.8 Å². The fraction of sp³-hybridized carbons (Fsp3) is 0.350. The number of benzene rings is 2. The number of carbonyl (C=O) groups excluding carboxylic acids is 1. The Morgan fingerprint density at radius 1 is 1.07 bits per heavy atom. The number of hydrogen-bond acceptors (Lipinski definition) is 4. The molecule has 2 aromatic rings. The molecule has 0 atom stereocenters. The van der Waals surface area contributed by atoms with Crippen molar-refractivity contribution in [2.75, 3.05) is 56.6 Å². The molecule has 2 N–H and O–H groups in total. The van der Waals surface area contributed by atoms with Gasteiger partial charge >= 0.3 is 6.03 Å². The molecule has 1 aliphatic rings. The average Bonchev–Trinajstić information content (AvgIpc) is 2.70. The molecule has 0 radical (unpaired) electrons. The van der Waals surface area contributed by atoms with Gasteiger partial charge in [-0.25, -0.2) is 9.18 Å². The molecular weight excluding hydrogens is 347 g/mol. The van der Waals surface area contributed by atoms with Crippen LogP contribution in [0.4, 0.5) is 20.6 Å². The zero-order chi connectivity index (χ0) is 19.1. The smallest absolute Gasteiger partial charge is 0.319 e. The quantitative estimate of drug-likeness (QED) is 0.819. The first-order chi connectivity index (χ1) is 13.2. The summed E-state index contributed by atoms with van der Waals surface area (Å²) in [4.78, 5) is 16.3. The Morgan fingerprint density at radius 2 is 1.78 bits per heavy atom. The SMILES string of the molecule is COc1ccc(NC(=O)NCCN2CCN(c3ccccc3F)CC2)cc1. The van der Waals surface area contributed by atoms with Gasteiger partial charge in [0, 0.05) is 45.0 Å². The van der Waals surface area contributed by atoms with Crippen molar-refractivity contribution >= 4 is 17.4 Å². The number of anilines is 2. The minimum atomic E-state index is -0.231. The van der Waals surface area contributed by atoms with Crippen molar-refractivity contribution in [2.45, 2.75) is 0 Å². The van der Waals surface area contributed by atoms with E-state index in [-0.39, 0.29) is 11.8 Å². The Kier molecular flexibility index (Phi) is 6.49.